The van der Waals surface area contributed by atoms with Gasteiger partial charge in [0.2, 0.25) is 5.13 Å². The van der Waals surface area contributed by atoms with Crippen molar-refractivity contribution in [3.05, 3.63) is 72.5 Å². The van der Waals surface area contributed by atoms with Gasteiger partial charge in [-0.15, -0.1) is 11.3 Å². The Labute approximate surface area is 173 Å². The van der Waals surface area contributed by atoms with E-state index in [-0.39, 0.29) is 10.7 Å². The van der Waals surface area contributed by atoms with Gasteiger partial charge in [-0.3, -0.25) is 15.5 Å². The minimum atomic E-state index is -0.441. The lowest BCUT2D eigenvalue weighted by molar-refractivity contribution is -0.384. The highest BCUT2D eigenvalue weighted by atomic mass is 35.5. The molecule has 138 valence electrons. The largest absolute Gasteiger partial charge is 0.270 e. The van der Waals surface area contributed by atoms with Crippen LogP contribution in [0.1, 0.15) is 12.5 Å². The summed E-state index contributed by atoms with van der Waals surface area (Å²) < 4.78 is 0. The van der Waals surface area contributed by atoms with Crippen LogP contribution in [0.25, 0.3) is 11.3 Å². The van der Waals surface area contributed by atoms with Crippen molar-refractivity contribution in [2.24, 2.45) is 5.10 Å². The van der Waals surface area contributed by atoms with E-state index in [0.29, 0.717) is 37.7 Å². The molecule has 27 heavy (non-hydrogen) atoms. The number of rotatable bonds is 5. The first-order chi connectivity index (χ1) is 12.9. The molecule has 0 fully saturated rings. The second-order valence-corrected chi connectivity index (χ2v) is 7.40. The van der Waals surface area contributed by atoms with Crippen LogP contribution >= 0.6 is 46.1 Å². The fraction of sp³-hybridized carbons (Fsp3) is 0.0588. The molecule has 1 heterocycles. The number of hydrogen-bond acceptors (Lipinski definition) is 6. The van der Waals surface area contributed by atoms with E-state index in [9.17, 15) is 10.1 Å². The Bertz CT molecular complexity index is 1050. The van der Waals surface area contributed by atoms with Crippen molar-refractivity contribution in [1.82, 2.24) is 4.98 Å². The highest BCUT2D eigenvalue weighted by Crippen LogP contribution is 2.33. The fourth-order valence-electron chi connectivity index (χ4n) is 2.23. The van der Waals surface area contributed by atoms with E-state index in [1.165, 1.54) is 23.5 Å². The minimum Gasteiger partial charge on any atom is -0.258 e. The Morgan fingerprint density at radius 3 is 2.74 bits per heavy atom. The summed E-state index contributed by atoms with van der Waals surface area (Å²) >= 11 is 19.5. The second kappa shape index (κ2) is 8.22. The molecule has 3 aromatic rings. The zero-order chi connectivity index (χ0) is 19.6. The van der Waals surface area contributed by atoms with Gasteiger partial charge in [-0.2, -0.15) is 5.10 Å². The minimum absolute atomic E-state index is 0.0122. The quantitative estimate of drug-likeness (QED) is 0.212. The molecule has 1 aromatic heterocycles. The summed E-state index contributed by atoms with van der Waals surface area (Å²) in [4.78, 5) is 14.9. The number of benzene rings is 2. The molecule has 0 bridgehead atoms. The van der Waals surface area contributed by atoms with Crippen LogP contribution in [0.5, 0.6) is 0 Å². The number of hydrazone groups is 1. The van der Waals surface area contributed by atoms with Crippen LogP contribution in [-0.4, -0.2) is 15.6 Å². The van der Waals surface area contributed by atoms with Gasteiger partial charge in [0.15, 0.2) is 0 Å². The lowest BCUT2D eigenvalue weighted by Crippen LogP contribution is -2.01. The van der Waals surface area contributed by atoms with Crippen molar-refractivity contribution < 1.29 is 4.92 Å². The van der Waals surface area contributed by atoms with Gasteiger partial charge in [0, 0.05) is 28.6 Å². The third kappa shape index (κ3) is 4.39. The Hall–Kier alpha value is -2.19. The molecule has 6 nitrogen and oxygen atoms in total. The normalized spacial score (nSPS) is 11.5. The van der Waals surface area contributed by atoms with Gasteiger partial charge in [-0.25, -0.2) is 4.98 Å². The van der Waals surface area contributed by atoms with E-state index in [1.54, 1.807) is 36.6 Å². The number of halogens is 3. The van der Waals surface area contributed by atoms with Crippen LogP contribution in [0.2, 0.25) is 15.1 Å². The smallest absolute Gasteiger partial charge is 0.258 e. The third-order valence-corrected chi connectivity index (χ3v) is 5.64. The van der Waals surface area contributed by atoms with E-state index >= 15 is 0 Å². The Balaban J connectivity index is 1.80. The van der Waals surface area contributed by atoms with Crippen LogP contribution < -0.4 is 5.43 Å². The number of anilines is 1. The first kappa shape index (κ1) is 19.6. The Kier molecular flexibility index (Phi) is 5.96. The molecule has 0 saturated carbocycles. The first-order valence-corrected chi connectivity index (χ1v) is 9.52. The van der Waals surface area contributed by atoms with Crippen molar-refractivity contribution in [3.8, 4) is 11.3 Å². The highest BCUT2D eigenvalue weighted by molar-refractivity contribution is 7.14. The van der Waals surface area contributed by atoms with Gasteiger partial charge < -0.3 is 0 Å². The zero-order valence-electron chi connectivity index (χ0n) is 13.7. The first-order valence-electron chi connectivity index (χ1n) is 7.51. The van der Waals surface area contributed by atoms with Gasteiger partial charge in [0.25, 0.3) is 5.69 Å². The second-order valence-electron chi connectivity index (χ2n) is 5.38. The van der Waals surface area contributed by atoms with E-state index < -0.39 is 4.92 Å². The summed E-state index contributed by atoms with van der Waals surface area (Å²) in [5, 5.41) is 18.5. The van der Waals surface area contributed by atoms with Crippen LogP contribution in [0.4, 0.5) is 10.8 Å². The van der Waals surface area contributed by atoms with Crippen LogP contribution in [-0.2, 0) is 0 Å². The average molecular weight is 442 g/mol. The van der Waals surface area contributed by atoms with Crippen LogP contribution in [0.15, 0.2) is 46.9 Å². The maximum Gasteiger partial charge on any atom is 0.270 e. The molecule has 0 unspecified atom stereocenters. The lowest BCUT2D eigenvalue weighted by atomic mass is 10.1. The molecule has 0 saturated heterocycles. The molecule has 0 aliphatic rings. The molecule has 0 radical (unpaired) electrons. The predicted octanol–water partition coefficient (Wildman–Crippen LogP) is 6.51. The summed E-state index contributed by atoms with van der Waals surface area (Å²) in [6.45, 7) is 1.77. The van der Waals surface area contributed by atoms with Crippen LogP contribution in [0, 0.1) is 10.1 Å². The SMILES string of the molecule is C/C(=N\Nc1nc(-c2cccc([N+](=O)[O-])c2)cs1)c1ccc(Cl)c(Cl)c1Cl. The molecule has 0 amide bonds. The van der Waals surface area contributed by atoms with Gasteiger partial charge in [0.1, 0.15) is 0 Å². The number of non-ortho nitro benzene ring substituents is 1. The van der Waals surface area contributed by atoms with Crippen molar-refractivity contribution in [1.29, 1.82) is 0 Å². The van der Waals surface area contributed by atoms with Crippen LogP contribution in [0.3, 0.4) is 0 Å². The molecular weight excluding hydrogens is 431 g/mol. The molecule has 2 aromatic carbocycles. The molecule has 10 heteroatoms. The molecule has 0 atom stereocenters. The molecule has 1 N–H and O–H groups in total. The summed E-state index contributed by atoms with van der Waals surface area (Å²) in [5.41, 5.74) is 5.39. The molecule has 0 aliphatic carbocycles. The average Bonchev–Trinajstić information content (AvgIpc) is 3.13. The Morgan fingerprint density at radius 1 is 1.22 bits per heavy atom. The summed E-state index contributed by atoms with van der Waals surface area (Å²) in [7, 11) is 0. The lowest BCUT2D eigenvalue weighted by Gasteiger charge is -2.07. The predicted molar refractivity (Wildman–Crippen MR) is 112 cm³/mol. The summed E-state index contributed by atoms with van der Waals surface area (Å²) in [5.74, 6) is 0. The van der Waals surface area contributed by atoms with E-state index in [0.717, 1.165) is 0 Å². The maximum absolute atomic E-state index is 10.9. The highest BCUT2D eigenvalue weighted by Gasteiger charge is 2.12. The molecule has 0 spiro atoms. The molecule has 3 rings (SSSR count). The van der Waals surface area contributed by atoms with Crippen molar-refractivity contribution >= 4 is 62.7 Å². The zero-order valence-corrected chi connectivity index (χ0v) is 16.8. The van der Waals surface area contributed by atoms with Gasteiger partial charge in [-0.05, 0) is 13.0 Å². The maximum atomic E-state index is 10.9. The van der Waals surface area contributed by atoms with Crippen molar-refractivity contribution in [2.45, 2.75) is 6.92 Å². The number of nitro benzene ring substituents is 1. The molecule has 0 aliphatic heterocycles. The summed E-state index contributed by atoms with van der Waals surface area (Å²) in [6, 6.07) is 9.66. The standard InChI is InChI=1S/C17H11Cl3N4O2S/c1-9(12-5-6-13(18)16(20)15(12)19)22-23-17-21-14(8-27-17)10-3-2-4-11(7-10)24(25)26/h2-8H,1H3,(H,21,23)/b22-9+. The van der Waals surface area contributed by atoms with E-state index in [1.807, 2.05) is 0 Å². The van der Waals surface area contributed by atoms with Gasteiger partial charge in [0.05, 0.1) is 31.4 Å². The monoisotopic (exact) mass is 440 g/mol. The Morgan fingerprint density at radius 2 is 2.00 bits per heavy atom. The van der Waals surface area contributed by atoms with Crippen molar-refractivity contribution in [3.63, 3.8) is 0 Å². The summed E-state index contributed by atoms with van der Waals surface area (Å²) in [6.07, 6.45) is 0. The number of aromatic nitrogens is 1. The van der Waals surface area contributed by atoms with E-state index in [2.05, 4.69) is 15.5 Å². The molecular formula is C17H11Cl3N4O2S. The van der Waals surface area contributed by atoms with Crippen molar-refractivity contribution in [2.75, 3.05) is 5.43 Å². The number of nitrogens with zero attached hydrogens (tertiary/aromatic N) is 3. The van der Waals surface area contributed by atoms with Gasteiger partial charge >= 0.3 is 0 Å². The number of nitro groups is 1. The fourth-order valence-corrected chi connectivity index (χ4v) is 3.57. The number of hydrogen-bond donors (Lipinski definition) is 1. The number of thiazole rings is 1. The van der Waals surface area contributed by atoms with Gasteiger partial charge in [-0.1, -0.05) is 53.0 Å². The van der Waals surface area contributed by atoms with E-state index in [4.69, 9.17) is 34.8 Å². The third-order valence-electron chi connectivity index (χ3n) is 3.60. The topological polar surface area (TPSA) is 80.4 Å². The number of nitrogens with one attached hydrogen (secondary N) is 1.